The molecule has 0 radical (unpaired) electrons. The van der Waals surface area contributed by atoms with Crippen LogP contribution >= 0.6 is 11.6 Å². The molecule has 2 nitrogen and oxygen atoms in total. The van der Waals surface area contributed by atoms with Crippen LogP contribution in [-0.4, -0.2) is 9.78 Å². The number of aryl methyl sites for hydroxylation is 1. The number of aromatic nitrogens is 2. The van der Waals surface area contributed by atoms with Crippen LogP contribution in [0.4, 0.5) is 0 Å². The summed E-state index contributed by atoms with van der Waals surface area (Å²) in [5, 5.41) is 5.30. The number of halogens is 1. The van der Waals surface area contributed by atoms with E-state index in [2.05, 4.69) is 23.3 Å². The van der Waals surface area contributed by atoms with Gasteiger partial charge in [0.05, 0.1) is 11.4 Å². The first kappa shape index (κ1) is 12.0. The Morgan fingerprint density at radius 2 is 1.63 bits per heavy atom. The quantitative estimate of drug-likeness (QED) is 0.673. The van der Waals surface area contributed by atoms with E-state index in [4.69, 9.17) is 11.6 Å². The summed E-state index contributed by atoms with van der Waals surface area (Å²) in [6.07, 6.45) is 0. The van der Waals surface area contributed by atoms with Gasteiger partial charge >= 0.3 is 0 Å². The summed E-state index contributed by atoms with van der Waals surface area (Å²) in [5.74, 6) is 0. The molecule has 0 spiro atoms. The monoisotopic (exact) mass is 268 g/mol. The van der Waals surface area contributed by atoms with Gasteiger partial charge in [0, 0.05) is 23.2 Å². The SMILES string of the molecule is Cn1nc(-c2ccccc2)cc1-c1cccc(Cl)c1. The van der Waals surface area contributed by atoms with E-state index in [1.54, 1.807) is 0 Å². The Bertz CT molecular complexity index is 702. The molecule has 0 N–H and O–H groups in total. The molecule has 0 aliphatic rings. The van der Waals surface area contributed by atoms with Crippen LogP contribution in [-0.2, 0) is 7.05 Å². The molecule has 0 aliphatic heterocycles. The highest BCUT2D eigenvalue weighted by Gasteiger charge is 2.08. The van der Waals surface area contributed by atoms with E-state index in [-0.39, 0.29) is 0 Å². The average Bonchev–Trinajstić information content (AvgIpc) is 2.82. The van der Waals surface area contributed by atoms with Crippen LogP contribution in [0.1, 0.15) is 0 Å². The van der Waals surface area contributed by atoms with Crippen molar-refractivity contribution < 1.29 is 0 Å². The normalized spacial score (nSPS) is 10.6. The molecule has 94 valence electrons. The maximum absolute atomic E-state index is 6.04. The van der Waals surface area contributed by atoms with Crippen molar-refractivity contribution >= 4 is 11.6 Å². The van der Waals surface area contributed by atoms with Gasteiger partial charge in [-0.1, -0.05) is 54.1 Å². The van der Waals surface area contributed by atoms with Crippen LogP contribution in [0.25, 0.3) is 22.5 Å². The van der Waals surface area contributed by atoms with Crippen LogP contribution in [0, 0.1) is 0 Å². The molecule has 0 aliphatic carbocycles. The smallest absolute Gasteiger partial charge is 0.0929 e. The lowest BCUT2D eigenvalue weighted by atomic mass is 10.1. The van der Waals surface area contributed by atoms with E-state index >= 15 is 0 Å². The van der Waals surface area contributed by atoms with Crippen LogP contribution < -0.4 is 0 Å². The summed E-state index contributed by atoms with van der Waals surface area (Å²) in [6, 6.07) is 20.1. The number of rotatable bonds is 2. The van der Waals surface area contributed by atoms with Gasteiger partial charge in [0.25, 0.3) is 0 Å². The molecule has 0 saturated heterocycles. The molecule has 0 saturated carbocycles. The lowest BCUT2D eigenvalue weighted by molar-refractivity contribution is 0.779. The zero-order valence-electron chi connectivity index (χ0n) is 10.5. The van der Waals surface area contributed by atoms with E-state index in [0.29, 0.717) is 0 Å². The third-order valence-corrected chi connectivity index (χ3v) is 3.30. The zero-order valence-corrected chi connectivity index (χ0v) is 11.3. The first-order valence-corrected chi connectivity index (χ1v) is 6.47. The number of nitrogens with zero attached hydrogens (tertiary/aromatic N) is 2. The minimum atomic E-state index is 0.736. The van der Waals surface area contributed by atoms with Gasteiger partial charge in [-0.25, -0.2) is 0 Å². The molecule has 0 fully saturated rings. The summed E-state index contributed by atoms with van der Waals surface area (Å²) in [6.45, 7) is 0. The van der Waals surface area contributed by atoms with Gasteiger partial charge in [-0.05, 0) is 18.2 Å². The Labute approximate surface area is 117 Å². The second-order valence-corrected chi connectivity index (χ2v) is 4.85. The Morgan fingerprint density at radius 1 is 0.895 bits per heavy atom. The predicted octanol–water partition coefficient (Wildman–Crippen LogP) is 4.41. The molecule has 3 heteroatoms. The highest BCUT2D eigenvalue weighted by Crippen LogP contribution is 2.26. The van der Waals surface area contributed by atoms with Gasteiger partial charge < -0.3 is 0 Å². The fourth-order valence-corrected chi connectivity index (χ4v) is 2.33. The molecule has 2 aromatic carbocycles. The fraction of sp³-hybridized carbons (Fsp3) is 0.0625. The van der Waals surface area contributed by atoms with Crippen molar-refractivity contribution in [1.29, 1.82) is 0 Å². The van der Waals surface area contributed by atoms with Crippen molar-refractivity contribution in [3.05, 3.63) is 65.7 Å². The highest BCUT2D eigenvalue weighted by molar-refractivity contribution is 6.30. The lowest BCUT2D eigenvalue weighted by Crippen LogP contribution is -1.93. The predicted molar refractivity (Wildman–Crippen MR) is 79.1 cm³/mol. The van der Waals surface area contributed by atoms with E-state index < -0.39 is 0 Å². The summed E-state index contributed by atoms with van der Waals surface area (Å²) in [7, 11) is 1.95. The molecule has 3 rings (SSSR count). The Kier molecular flexibility index (Phi) is 3.10. The highest BCUT2D eigenvalue weighted by atomic mass is 35.5. The van der Waals surface area contributed by atoms with Crippen LogP contribution in [0.2, 0.25) is 5.02 Å². The van der Waals surface area contributed by atoms with E-state index in [1.165, 1.54) is 0 Å². The minimum absolute atomic E-state index is 0.736. The molecular weight excluding hydrogens is 256 g/mol. The minimum Gasteiger partial charge on any atom is -0.267 e. The summed E-state index contributed by atoms with van der Waals surface area (Å²) in [5.41, 5.74) is 4.22. The topological polar surface area (TPSA) is 17.8 Å². The van der Waals surface area contributed by atoms with Crippen LogP contribution in [0.5, 0.6) is 0 Å². The fourth-order valence-electron chi connectivity index (χ4n) is 2.14. The van der Waals surface area contributed by atoms with Gasteiger partial charge in [-0.15, -0.1) is 0 Å². The maximum Gasteiger partial charge on any atom is 0.0929 e. The van der Waals surface area contributed by atoms with Crippen molar-refractivity contribution in [2.24, 2.45) is 7.05 Å². The number of hydrogen-bond donors (Lipinski definition) is 0. The first-order chi connectivity index (χ1) is 9.24. The van der Waals surface area contributed by atoms with Crippen molar-refractivity contribution in [3.8, 4) is 22.5 Å². The first-order valence-electron chi connectivity index (χ1n) is 6.09. The van der Waals surface area contributed by atoms with E-state index in [9.17, 15) is 0 Å². The largest absolute Gasteiger partial charge is 0.267 e. The summed E-state index contributed by atoms with van der Waals surface area (Å²) < 4.78 is 1.88. The molecule has 19 heavy (non-hydrogen) atoms. The Morgan fingerprint density at radius 3 is 2.37 bits per heavy atom. The number of benzene rings is 2. The summed E-state index contributed by atoms with van der Waals surface area (Å²) >= 11 is 6.04. The van der Waals surface area contributed by atoms with Crippen LogP contribution in [0.3, 0.4) is 0 Å². The average molecular weight is 269 g/mol. The third kappa shape index (κ3) is 2.40. The molecule has 3 aromatic rings. The van der Waals surface area contributed by atoms with Crippen LogP contribution in [0.15, 0.2) is 60.7 Å². The Balaban J connectivity index is 2.08. The molecule has 0 bridgehead atoms. The maximum atomic E-state index is 6.04. The second-order valence-electron chi connectivity index (χ2n) is 4.41. The molecular formula is C16H13ClN2. The van der Waals surface area contributed by atoms with Gasteiger partial charge in [-0.3, -0.25) is 4.68 Å². The third-order valence-electron chi connectivity index (χ3n) is 3.07. The second kappa shape index (κ2) is 4.90. The molecule has 0 unspecified atom stereocenters. The summed E-state index contributed by atoms with van der Waals surface area (Å²) in [4.78, 5) is 0. The van der Waals surface area contributed by atoms with Crippen molar-refractivity contribution in [3.63, 3.8) is 0 Å². The number of hydrogen-bond acceptors (Lipinski definition) is 1. The van der Waals surface area contributed by atoms with Gasteiger partial charge in [0.15, 0.2) is 0 Å². The molecule has 1 heterocycles. The van der Waals surface area contributed by atoms with Gasteiger partial charge in [-0.2, -0.15) is 5.10 Å². The van der Waals surface area contributed by atoms with Gasteiger partial charge in [0.1, 0.15) is 0 Å². The van der Waals surface area contributed by atoms with E-state index in [1.807, 2.05) is 54.2 Å². The molecule has 0 amide bonds. The standard InChI is InChI=1S/C16H13ClN2/c1-19-16(13-8-5-9-14(17)10-13)11-15(18-19)12-6-3-2-4-7-12/h2-11H,1H3. The Hall–Kier alpha value is -2.06. The zero-order chi connectivity index (χ0) is 13.2. The van der Waals surface area contributed by atoms with Gasteiger partial charge in [0.2, 0.25) is 0 Å². The van der Waals surface area contributed by atoms with E-state index in [0.717, 1.165) is 27.5 Å². The van der Waals surface area contributed by atoms with Crippen molar-refractivity contribution in [2.75, 3.05) is 0 Å². The molecule has 1 aromatic heterocycles. The molecule has 0 atom stereocenters. The van der Waals surface area contributed by atoms with Crippen molar-refractivity contribution in [1.82, 2.24) is 9.78 Å². The lowest BCUT2D eigenvalue weighted by Gasteiger charge is -2.01. The van der Waals surface area contributed by atoms with Crippen molar-refractivity contribution in [2.45, 2.75) is 0 Å².